The van der Waals surface area contributed by atoms with Crippen molar-refractivity contribution in [1.82, 2.24) is 9.13 Å². The molecule has 0 unspecified atom stereocenters. The third kappa shape index (κ3) is 4.74. The van der Waals surface area contributed by atoms with Crippen molar-refractivity contribution in [2.45, 2.75) is 19.3 Å². The number of para-hydroxylation sites is 2. The van der Waals surface area contributed by atoms with Gasteiger partial charge in [0.1, 0.15) is 0 Å². The lowest BCUT2D eigenvalue weighted by molar-refractivity contribution is 0.967. The van der Waals surface area contributed by atoms with Crippen molar-refractivity contribution in [2.24, 2.45) is 0 Å². The summed E-state index contributed by atoms with van der Waals surface area (Å²) in [4.78, 5) is 0. The topological polar surface area (TPSA) is 81.2 Å². The number of aryl methyl sites for hydroxylation is 1. The first kappa shape index (κ1) is 30.0. The van der Waals surface area contributed by atoms with E-state index in [2.05, 4.69) is 94.1 Å². The van der Waals surface area contributed by atoms with Crippen LogP contribution in [-0.2, 0) is 12.8 Å². The summed E-state index contributed by atoms with van der Waals surface area (Å²) in [5.74, 6) is 0. The number of hydrogen-bond donors (Lipinski definition) is 0. The van der Waals surface area contributed by atoms with E-state index in [1.165, 1.54) is 16.6 Å². The van der Waals surface area contributed by atoms with Crippen LogP contribution in [0.25, 0.3) is 67.6 Å². The molecule has 7 aromatic rings. The Morgan fingerprint density at radius 1 is 0.549 bits per heavy atom. The molecule has 5 nitrogen and oxygen atoms in total. The summed E-state index contributed by atoms with van der Waals surface area (Å²) in [6.45, 7) is 0. The molecule has 0 saturated carbocycles. The van der Waals surface area contributed by atoms with Crippen molar-refractivity contribution in [3.63, 3.8) is 0 Å². The number of rotatable bonds is 4. The third-order valence-electron chi connectivity index (χ3n) is 10.2. The second kappa shape index (κ2) is 12.1. The lowest BCUT2D eigenvalue weighted by atomic mass is 9.90. The van der Waals surface area contributed by atoms with E-state index in [0.717, 1.165) is 74.1 Å². The molecule has 0 aliphatic heterocycles. The molecular weight excluding hydrogens is 623 g/mol. The van der Waals surface area contributed by atoms with E-state index < -0.39 is 0 Å². The van der Waals surface area contributed by atoms with Crippen molar-refractivity contribution in [2.75, 3.05) is 0 Å². The molecule has 2 aliphatic rings. The van der Waals surface area contributed by atoms with Gasteiger partial charge in [-0.2, -0.15) is 15.8 Å². The Kier molecular flexibility index (Phi) is 7.10. The molecule has 0 atom stereocenters. The molecule has 0 fully saturated rings. The van der Waals surface area contributed by atoms with Gasteiger partial charge >= 0.3 is 0 Å². The fourth-order valence-corrected chi connectivity index (χ4v) is 7.93. The zero-order valence-corrected chi connectivity index (χ0v) is 27.6. The normalized spacial score (nSPS) is 13.2. The number of fused-ring (bicyclic) bond motifs is 6. The van der Waals surface area contributed by atoms with Crippen LogP contribution in [0.1, 0.15) is 40.1 Å². The van der Waals surface area contributed by atoms with E-state index in [1.807, 2.05) is 72.8 Å². The predicted molar refractivity (Wildman–Crippen MR) is 204 cm³/mol. The van der Waals surface area contributed by atoms with Gasteiger partial charge in [0.05, 0.1) is 51.7 Å². The highest BCUT2D eigenvalue weighted by molar-refractivity contribution is 5.96. The van der Waals surface area contributed by atoms with Crippen molar-refractivity contribution in [1.29, 1.82) is 15.8 Å². The second-order valence-corrected chi connectivity index (χ2v) is 12.9. The average molecular weight is 652 g/mol. The van der Waals surface area contributed by atoms with Gasteiger partial charge in [0.2, 0.25) is 0 Å². The minimum absolute atomic E-state index is 0.545. The Balaban J connectivity index is 1.29. The molecule has 5 heteroatoms. The minimum atomic E-state index is 0.545. The SMILES string of the molecule is N#CC1=CCc2c(n(-c3cc(C#N)ccc3-c3ccccc3-c3cc(-n4c5c(c6ccccc64)CCC=C5)ccc3C#N)c3ccccc23)C=C1. The lowest BCUT2D eigenvalue weighted by Gasteiger charge is -2.19. The molecule has 2 heterocycles. The molecule has 9 rings (SSSR count). The van der Waals surface area contributed by atoms with Crippen molar-refractivity contribution in [3.8, 4) is 51.8 Å². The van der Waals surface area contributed by atoms with E-state index in [1.54, 1.807) is 0 Å². The van der Waals surface area contributed by atoms with Gasteiger partial charge in [-0.05, 0) is 102 Å². The maximum Gasteiger partial charge on any atom is 0.0998 e. The fourth-order valence-electron chi connectivity index (χ4n) is 7.93. The maximum atomic E-state index is 10.5. The van der Waals surface area contributed by atoms with Crippen LogP contribution in [0.2, 0.25) is 0 Å². The molecule has 0 spiro atoms. The lowest BCUT2D eigenvalue weighted by Crippen LogP contribution is -2.03. The Labute approximate surface area is 295 Å². The van der Waals surface area contributed by atoms with Gasteiger partial charge in [0.15, 0.2) is 0 Å². The van der Waals surface area contributed by atoms with Gasteiger partial charge in [-0.1, -0.05) is 78.9 Å². The summed E-state index contributed by atoms with van der Waals surface area (Å²) < 4.78 is 4.53. The van der Waals surface area contributed by atoms with Crippen LogP contribution >= 0.6 is 0 Å². The Bertz CT molecular complexity index is 2810. The van der Waals surface area contributed by atoms with E-state index in [-0.39, 0.29) is 0 Å². The number of hydrogen-bond acceptors (Lipinski definition) is 3. The first-order valence-corrected chi connectivity index (χ1v) is 17.1. The molecule has 238 valence electrons. The maximum absolute atomic E-state index is 10.5. The monoisotopic (exact) mass is 651 g/mol. The van der Waals surface area contributed by atoms with E-state index in [4.69, 9.17) is 0 Å². The van der Waals surface area contributed by atoms with Crippen LogP contribution < -0.4 is 0 Å². The molecule has 0 amide bonds. The number of nitrogens with zero attached hydrogens (tertiary/aromatic N) is 5. The Hall–Kier alpha value is -7.13. The molecule has 2 aromatic heterocycles. The van der Waals surface area contributed by atoms with Crippen LogP contribution in [0.3, 0.4) is 0 Å². The summed E-state index contributed by atoms with van der Waals surface area (Å²) in [7, 11) is 0. The highest BCUT2D eigenvalue weighted by Gasteiger charge is 2.23. The molecule has 0 bridgehead atoms. The van der Waals surface area contributed by atoms with Gasteiger partial charge in [-0.15, -0.1) is 0 Å². The van der Waals surface area contributed by atoms with Crippen LogP contribution in [0.4, 0.5) is 0 Å². The first-order chi connectivity index (χ1) is 25.2. The number of benzene rings is 5. The highest BCUT2D eigenvalue weighted by Crippen LogP contribution is 2.42. The Morgan fingerprint density at radius 3 is 2.02 bits per heavy atom. The van der Waals surface area contributed by atoms with Crippen LogP contribution in [-0.4, -0.2) is 9.13 Å². The van der Waals surface area contributed by atoms with Crippen LogP contribution in [0.5, 0.6) is 0 Å². The minimum Gasteiger partial charge on any atom is -0.310 e. The molecule has 0 radical (unpaired) electrons. The Morgan fingerprint density at radius 2 is 1.25 bits per heavy atom. The van der Waals surface area contributed by atoms with Crippen molar-refractivity contribution >= 4 is 34.0 Å². The molecule has 0 N–H and O–H groups in total. The summed E-state index contributed by atoms with van der Waals surface area (Å²) in [5, 5.41) is 32.7. The average Bonchev–Trinajstić information content (AvgIpc) is 3.60. The van der Waals surface area contributed by atoms with Gasteiger partial charge in [-0.3, -0.25) is 0 Å². The zero-order valence-electron chi connectivity index (χ0n) is 27.6. The summed E-state index contributed by atoms with van der Waals surface area (Å²) >= 11 is 0. The largest absolute Gasteiger partial charge is 0.310 e. The first-order valence-electron chi connectivity index (χ1n) is 17.1. The molecular formula is C46H29N5. The van der Waals surface area contributed by atoms with Crippen molar-refractivity contribution < 1.29 is 0 Å². The van der Waals surface area contributed by atoms with Crippen molar-refractivity contribution in [3.05, 3.63) is 167 Å². The van der Waals surface area contributed by atoms with E-state index in [0.29, 0.717) is 23.1 Å². The predicted octanol–water partition coefficient (Wildman–Crippen LogP) is 10.6. The zero-order chi connectivity index (χ0) is 34.5. The van der Waals surface area contributed by atoms with Gasteiger partial charge < -0.3 is 9.13 Å². The van der Waals surface area contributed by atoms with E-state index >= 15 is 0 Å². The summed E-state index contributed by atoms with van der Waals surface area (Å²) in [6.07, 6.45) is 12.9. The quantitative estimate of drug-likeness (QED) is 0.190. The van der Waals surface area contributed by atoms with Crippen LogP contribution in [0, 0.1) is 34.0 Å². The number of allylic oxidation sites excluding steroid dienone is 4. The molecule has 0 saturated heterocycles. The third-order valence-corrected chi connectivity index (χ3v) is 10.2. The van der Waals surface area contributed by atoms with Gasteiger partial charge in [0, 0.05) is 38.9 Å². The van der Waals surface area contributed by atoms with Gasteiger partial charge in [-0.25, -0.2) is 0 Å². The van der Waals surface area contributed by atoms with E-state index in [9.17, 15) is 15.8 Å². The number of aromatic nitrogens is 2. The smallest absolute Gasteiger partial charge is 0.0998 e. The highest BCUT2D eigenvalue weighted by atomic mass is 15.0. The summed E-state index contributed by atoms with van der Waals surface area (Å²) in [5.41, 5.74) is 14.1. The number of nitriles is 3. The molecule has 2 aliphatic carbocycles. The molecule has 51 heavy (non-hydrogen) atoms. The van der Waals surface area contributed by atoms with Gasteiger partial charge in [0.25, 0.3) is 0 Å². The second-order valence-electron chi connectivity index (χ2n) is 12.9. The van der Waals surface area contributed by atoms with Crippen LogP contribution in [0.15, 0.2) is 133 Å². The standard InChI is InChI=1S/C46H29N5/c47-27-30-17-22-40-38-13-5-8-16-44(38)51(45(40)24-19-30)46-25-31(28-48)18-23-39(46)34-9-1-2-10-35(34)41-26-33(21-20-32(41)29-49)50-42-14-6-3-11-36(42)37-12-4-7-15-43(37)50/h1-3,5-11,13-21,23-26H,4,12,22H2. The molecule has 5 aromatic carbocycles. The summed E-state index contributed by atoms with van der Waals surface area (Å²) in [6, 6.07) is 44.1. The fraction of sp³-hybridized carbons (Fsp3) is 0.0652.